The smallest absolute Gasteiger partial charge is 0.253 e. The van der Waals surface area contributed by atoms with Gasteiger partial charge < -0.3 is 20.0 Å². The Hall–Kier alpha value is -1.99. The van der Waals surface area contributed by atoms with E-state index in [0.717, 1.165) is 52.2 Å². The Labute approximate surface area is 153 Å². The van der Waals surface area contributed by atoms with E-state index in [0.29, 0.717) is 25.1 Å². The summed E-state index contributed by atoms with van der Waals surface area (Å²) >= 11 is 0. The number of benzene rings is 1. The minimum Gasteiger partial charge on any atom is -0.340 e. The van der Waals surface area contributed by atoms with Gasteiger partial charge in [-0.2, -0.15) is 0 Å². The molecule has 2 amide bonds. The second-order valence-corrected chi connectivity index (χ2v) is 6.88. The van der Waals surface area contributed by atoms with Crippen molar-refractivity contribution in [1.29, 1.82) is 0 Å². The van der Waals surface area contributed by atoms with Crippen molar-refractivity contribution in [3.63, 3.8) is 0 Å². The van der Waals surface area contributed by atoms with Crippen LogP contribution in [0.4, 0.5) is 4.39 Å². The summed E-state index contributed by atoms with van der Waals surface area (Å²) in [4.78, 5) is 30.9. The standard InChI is InChI=1S/C19H27FN4O2/c20-17-4-2-16(3-5-17)19(26)24-10-1-9-22(14-15-24)11-6-18(25)23-12-7-21-8-13-23/h2-5,21H,1,6-15H2. The summed E-state index contributed by atoms with van der Waals surface area (Å²) < 4.78 is 13.0. The van der Waals surface area contributed by atoms with Gasteiger partial charge in [0.2, 0.25) is 5.91 Å². The minimum absolute atomic E-state index is 0.0521. The molecule has 0 unspecified atom stereocenters. The van der Waals surface area contributed by atoms with Crippen molar-refractivity contribution >= 4 is 11.8 Å². The van der Waals surface area contributed by atoms with Crippen molar-refractivity contribution in [1.82, 2.24) is 20.0 Å². The monoisotopic (exact) mass is 362 g/mol. The molecule has 2 fully saturated rings. The van der Waals surface area contributed by atoms with E-state index in [1.807, 2.05) is 9.80 Å². The maximum atomic E-state index is 13.0. The largest absolute Gasteiger partial charge is 0.340 e. The van der Waals surface area contributed by atoms with Crippen LogP contribution in [0.15, 0.2) is 24.3 Å². The lowest BCUT2D eigenvalue weighted by Gasteiger charge is -2.28. The quantitative estimate of drug-likeness (QED) is 0.861. The normalized spacial score (nSPS) is 19.3. The Morgan fingerprint density at radius 2 is 1.65 bits per heavy atom. The van der Waals surface area contributed by atoms with Crippen LogP contribution in [-0.4, -0.2) is 85.4 Å². The summed E-state index contributed by atoms with van der Waals surface area (Å²) in [6, 6.07) is 5.71. The number of amides is 2. The molecule has 0 aromatic heterocycles. The van der Waals surface area contributed by atoms with E-state index in [-0.39, 0.29) is 17.6 Å². The first-order chi connectivity index (χ1) is 12.6. The molecule has 1 aromatic carbocycles. The maximum Gasteiger partial charge on any atom is 0.253 e. The number of piperazine rings is 1. The molecule has 2 aliphatic rings. The summed E-state index contributed by atoms with van der Waals surface area (Å²) in [5.74, 6) is -0.170. The topological polar surface area (TPSA) is 55.9 Å². The molecular weight excluding hydrogens is 335 g/mol. The fraction of sp³-hybridized carbons (Fsp3) is 0.579. The number of carbonyl (C=O) groups is 2. The Morgan fingerprint density at radius 1 is 0.923 bits per heavy atom. The van der Waals surface area contributed by atoms with E-state index < -0.39 is 0 Å². The number of nitrogens with one attached hydrogen (secondary N) is 1. The van der Waals surface area contributed by atoms with Crippen LogP contribution in [-0.2, 0) is 4.79 Å². The molecule has 26 heavy (non-hydrogen) atoms. The van der Waals surface area contributed by atoms with E-state index >= 15 is 0 Å². The molecule has 3 rings (SSSR count). The van der Waals surface area contributed by atoms with Gasteiger partial charge in [0.1, 0.15) is 5.82 Å². The molecule has 2 heterocycles. The first kappa shape index (κ1) is 18.8. The van der Waals surface area contributed by atoms with Crippen LogP contribution in [0.1, 0.15) is 23.2 Å². The predicted molar refractivity (Wildman–Crippen MR) is 97.4 cm³/mol. The van der Waals surface area contributed by atoms with Crippen LogP contribution in [0.25, 0.3) is 0 Å². The zero-order valence-electron chi connectivity index (χ0n) is 15.1. The molecule has 0 saturated carbocycles. The Morgan fingerprint density at radius 3 is 2.38 bits per heavy atom. The highest BCUT2D eigenvalue weighted by atomic mass is 19.1. The van der Waals surface area contributed by atoms with Crippen LogP contribution < -0.4 is 5.32 Å². The molecule has 7 heteroatoms. The minimum atomic E-state index is -0.335. The first-order valence-corrected chi connectivity index (χ1v) is 9.39. The van der Waals surface area contributed by atoms with Gasteiger partial charge in [-0.3, -0.25) is 9.59 Å². The lowest BCUT2D eigenvalue weighted by Crippen LogP contribution is -2.47. The van der Waals surface area contributed by atoms with Gasteiger partial charge in [-0.05, 0) is 37.2 Å². The van der Waals surface area contributed by atoms with Gasteiger partial charge in [0.25, 0.3) is 5.91 Å². The van der Waals surface area contributed by atoms with Crippen LogP contribution >= 0.6 is 0 Å². The average molecular weight is 362 g/mol. The van der Waals surface area contributed by atoms with Crippen LogP contribution in [0.2, 0.25) is 0 Å². The van der Waals surface area contributed by atoms with Crippen molar-refractivity contribution in [3.8, 4) is 0 Å². The second kappa shape index (κ2) is 9.09. The molecule has 2 saturated heterocycles. The van der Waals surface area contributed by atoms with Gasteiger partial charge in [0.05, 0.1) is 0 Å². The first-order valence-electron chi connectivity index (χ1n) is 9.39. The molecule has 142 valence electrons. The molecular formula is C19H27FN4O2. The third kappa shape index (κ3) is 5.02. The van der Waals surface area contributed by atoms with Gasteiger partial charge in [-0.25, -0.2) is 4.39 Å². The highest BCUT2D eigenvalue weighted by Gasteiger charge is 2.22. The lowest BCUT2D eigenvalue weighted by molar-refractivity contribution is -0.132. The fourth-order valence-electron chi connectivity index (χ4n) is 3.50. The van der Waals surface area contributed by atoms with E-state index in [2.05, 4.69) is 10.2 Å². The highest BCUT2D eigenvalue weighted by Crippen LogP contribution is 2.11. The maximum absolute atomic E-state index is 13.0. The van der Waals surface area contributed by atoms with Gasteiger partial charge >= 0.3 is 0 Å². The fourth-order valence-corrected chi connectivity index (χ4v) is 3.50. The molecule has 6 nitrogen and oxygen atoms in total. The van der Waals surface area contributed by atoms with Crippen molar-refractivity contribution in [2.24, 2.45) is 0 Å². The van der Waals surface area contributed by atoms with E-state index in [4.69, 9.17) is 0 Å². The summed E-state index contributed by atoms with van der Waals surface area (Å²) in [6.45, 7) is 7.05. The summed E-state index contributed by atoms with van der Waals surface area (Å²) in [7, 11) is 0. The number of hydrogen-bond acceptors (Lipinski definition) is 4. The molecule has 0 aliphatic carbocycles. The molecule has 0 spiro atoms. The van der Waals surface area contributed by atoms with E-state index in [1.54, 1.807) is 0 Å². The molecule has 1 N–H and O–H groups in total. The summed E-state index contributed by atoms with van der Waals surface area (Å²) in [5.41, 5.74) is 0.522. The van der Waals surface area contributed by atoms with Crippen LogP contribution in [0.3, 0.4) is 0 Å². The van der Waals surface area contributed by atoms with Gasteiger partial charge in [0.15, 0.2) is 0 Å². The molecule has 0 radical (unpaired) electrons. The Balaban J connectivity index is 1.46. The predicted octanol–water partition coefficient (Wildman–Crippen LogP) is 0.796. The third-order valence-electron chi connectivity index (χ3n) is 5.08. The zero-order chi connectivity index (χ0) is 18.4. The Kier molecular flexibility index (Phi) is 6.57. The molecule has 2 aliphatic heterocycles. The van der Waals surface area contributed by atoms with Crippen molar-refractivity contribution in [2.45, 2.75) is 12.8 Å². The average Bonchev–Trinajstić information content (AvgIpc) is 2.92. The number of carbonyl (C=O) groups excluding carboxylic acids is 2. The van der Waals surface area contributed by atoms with E-state index in [9.17, 15) is 14.0 Å². The van der Waals surface area contributed by atoms with Gasteiger partial charge in [-0.1, -0.05) is 0 Å². The Bertz CT molecular complexity index is 616. The number of halogens is 1. The number of hydrogen-bond donors (Lipinski definition) is 1. The van der Waals surface area contributed by atoms with Gasteiger partial charge in [-0.15, -0.1) is 0 Å². The van der Waals surface area contributed by atoms with Crippen LogP contribution in [0.5, 0.6) is 0 Å². The van der Waals surface area contributed by atoms with Crippen molar-refractivity contribution in [2.75, 3.05) is 58.9 Å². The molecule has 0 atom stereocenters. The molecule has 0 bridgehead atoms. The van der Waals surface area contributed by atoms with Crippen molar-refractivity contribution < 1.29 is 14.0 Å². The number of rotatable bonds is 4. The van der Waals surface area contributed by atoms with E-state index in [1.165, 1.54) is 24.3 Å². The van der Waals surface area contributed by atoms with Gasteiger partial charge in [0, 0.05) is 64.3 Å². The molecule has 1 aromatic rings. The number of nitrogens with zero attached hydrogens (tertiary/aromatic N) is 3. The van der Waals surface area contributed by atoms with Crippen molar-refractivity contribution in [3.05, 3.63) is 35.6 Å². The third-order valence-corrected chi connectivity index (χ3v) is 5.08. The zero-order valence-corrected chi connectivity index (χ0v) is 15.1. The lowest BCUT2D eigenvalue weighted by atomic mass is 10.2. The second-order valence-electron chi connectivity index (χ2n) is 6.88. The summed E-state index contributed by atoms with van der Waals surface area (Å²) in [5, 5.41) is 3.25. The SMILES string of the molecule is O=C(CCN1CCCN(C(=O)c2ccc(F)cc2)CC1)N1CCNCC1. The van der Waals surface area contributed by atoms with Crippen LogP contribution in [0, 0.1) is 5.82 Å². The summed E-state index contributed by atoms with van der Waals surface area (Å²) in [6.07, 6.45) is 1.42. The highest BCUT2D eigenvalue weighted by molar-refractivity contribution is 5.94.